The number of β-lactam (4-membered cyclic amide) rings is 1. The predicted octanol–water partition coefficient (Wildman–Crippen LogP) is 1.37. The zero-order chi connectivity index (χ0) is 23.9. The summed E-state index contributed by atoms with van der Waals surface area (Å²) in [7, 11) is 0. The maximum atomic E-state index is 12.3. The predicted molar refractivity (Wildman–Crippen MR) is 110 cm³/mol. The number of hydrogen-bond acceptors (Lipinski definition) is 8. The molecule has 2 aliphatic rings. The van der Waals surface area contributed by atoms with Crippen LogP contribution in [0, 0.1) is 12.8 Å². The molecule has 11 heteroatoms. The Morgan fingerprint density at radius 2 is 1.94 bits per heavy atom. The highest BCUT2D eigenvalue weighted by Crippen LogP contribution is 2.46. The summed E-state index contributed by atoms with van der Waals surface area (Å²) < 4.78 is 14.4. The molecule has 33 heavy (non-hydrogen) atoms. The first-order chi connectivity index (χ1) is 15.7. The maximum Gasteiger partial charge on any atom is 0.519 e. The number of carboxylic acid groups (broad SMARTS) is 1. The summed E-state index contributed by atoms with van der Waals surface area (Å²) >= 11 is 0. The number of nitrogens with one attached hydrogen (secondary N) is 1. The highest BCUT2D eigenvalue weighted by atomic mass is 16.6. The topological polar surface area (TPSA) is 160 Å². The van der Waals surface area contributed by atoms with Gasteiger partial charge in [0.2, 0.25) is 5.91 Å². The van der Waals surface area contributed by atoms with Crippen molar-refractivity contribution in [3.05, 3.63) is 63.2 Å². The summed E-state index contributed by atoms with van der Waals surface area (Å²) in [6.07, 6.45) is -1.23. The van der Waals surface area contributed by atoms with Crippen LogP contribution in [-0.2, 0) is 27.5 Å². The van der Waals surface area contributed by atoms with Crippen LogP contribution >= 0.6 is 0 Å². The minimum atomic E-state index is -1.19. The van der Waals surface area contributed by atoms with Crippen LogP contribution in [0.4, 0.5) is 4.79 Å². The average molecular weight is 458 g/mol. The second-order valence-electron chi connectivity index (χ2n) is 7.94. The fourth-order valence-corrected chi connectivity index (χ4v) is 4.21. The molecule has 3 N–H and O–H groups in total. The van der Waals surface area contributed by atoms with Crippen molar-refractivity contribution < 1.29 is 38.2 Å². The molecule has 1 aromatic carbocycles. The molecule has 0 bridgehead atoms. The van der Waals surface area contributed by atoms with Crippen molar-refractivity contribution in [2.45, 2.75) is 45.6 Å². The van der Waals surface area contributed by atoms with Gasteiger partial charge in [-0.2, -0.15) is 0 Å². The zero-order valence-corrected chi connectivity index (χ0v) is 17.9. The molecule has 11 nitrogen and oxygen atoms in total. The van der Waals surface area contributed by atoms with E-state index in [0.29, 0.717) is 17.6 Å². The van der Waals surface area contributed by atoms with Crippen LogP contribution < -0.4 is 11.1 Å². The van der Waals surface area contributed by atoms with Gasteiger partial charge in [0.05, 0.1) is 18.1 Å². The lowest BCUT2D eigenvalue weighted by molar-refractivity contribution is -0.161. The van der Waals surface area contributed by atoms with Crippen LogP contribution in [0.2, 0.25) is 0 Å². The molecule has 3 heterocycles. The summed E-state index contributed by atoms with van der Waals surface area (Å²) in [5, 5.41) is 22.1. The number of ether oxygens (including phenoxy) is 1. The van der Waals surface area contributed by atoms with Gasteiger partial charge in [-0.25, -0.2) is 14.4 Å². The molecule has 2 aromatic rings. The Bertz CT molecular complexity index is 1190. The van der Waals surface area contributed by atoms with E-state index in [-0.39, 0.29) is 42.3 Å². The van der Waals surface area contributed by atoms with Gasteiger partial charge in [-0.15, -0.1) is 0 Å². The van der Waals surface area contributed by atoms with Gasteiger partial charge in [-0.3, -0.25) is 4.79 Å². The first kappa shape index (κ1) is 22.3. The third kappa shape index (κ3) is 4.14. The quantitative estimate of drug-likeness (QED) is 0.521. The number of carboxylic acids is 1. The van der Waals surface area contributed by atoms with Crippen molar-refractivity contribution in [3.63, 3.8) is 0 Å². The second-order valence-corrected chi connectivity index (χ2v) is 7.94. The van der Waals surface area contributed by atoms with E-state index in [4.69, 9.17) is 9.15 Å². The van der Waals surface area contributed by atoms with E-state index >= 15 is 0 Å². The SMILES string of the molecule is Cc1oc(=O)oc1COC(=O)NCc1ccc(C2=C(C(=O)O)N3C(=O)[C@H]([C@@H](C)O)[C@H]3C2)cc1. The highest BCUT2D eigenvalue weighted by molar-refractivity contribution is 6.06. The molecule has 174 valence electrons. The van der Waals surface area contributed by atoms with E-state index < -0.39 is 29.9 Å². The Kier molecular flexibility index (Phi) is 5.81. The number of rotatable bonds is 7. The first-order valence-corrected chi connectivity index (χ1v) is 10.2. The van der Waals surface area contributed by atoms with Crippen LogP contribution in [0.3, 0.4) is 0 Å². The van der Waals surface area contributed by atoms with Crippen molar-refractivity contribution in [3.8, 4) is 0 Å². The van der Waals surface area contributed by atoms with Crippen LogP contribution in [0.5, 0.6) is 0 Å². The van der Waals surface area contributed by atoms with Crippen molar-refractivity contribution in [1.82, 2.24) is 10.2 Å². The third-order valence-electron chi connectivity index (χ3n) is 5.84. The van der Waals surface area contributed by atoms with E-state index in [2.05, 4.69) is 9.73 Å². The number of nitrogens with zero attached hydrogens (tertiary/aromatic N) is 1. The Hall–Kier alpha value is -3.86. The number of benzene rings is 1. The molecule has 1 saturated heterocycles. The molecule has 0 spiro atoms. The lowest BCUT2D eigenvalue weighted by Gasteiger charge is -2.44. The second kappa shape index (κ2) is 8.58. The number of aryl methyl sites for hydroxylation is 1. The number of hydrogen-bond donors (Lipinski definition) is 3. The van der Waals surface area contributed by atoms with Gasteiger partial charge in [0.15, 0.2) is 18.1 Å². The van der Waals surface area contributed by atoms with Gasteiger partial charge in [-0.05, 0) is 37.0 Å². The van der Waals surface area contributed by atoms with E-state index in [1.807, 2.05) is 0 Å². The lowest BCUT2D eigenvalue weighted by Crippen LogP contribution is -2.61. The number of fused-ring (bicyclic) bond motifs is 1. The van der Waals surface area contributed by atoms with E-state index in [0.717, 1.165) is 5.56 Å². The minimum Gasteiger partial charge on any atom is -0.477 e. The van der Waals surface area contributed by atoms with Gasteiger partial charge in [0, 0.05) is 6.54 Å². The Morgan fingerprint density at radius 1 is 1.24 bits per heavy atom. The van der Waals surface area contributed by atoms with E-state index in [9.17, 15) is 29.4 Å². The first-order valence-electron chi connectivity index (χ1n) is 10.2. The van der Waals surface area contributed by atoms with Crippen molar-refractivity contribution in [1.29, 1.82) is 0 Å². The monoisotopic (exact) mass is 458 g/mol. The molecule has 0 radical (unpaired) electrons. The largest absolute Gasteiger partial charge is 0.519 e. The van der Waals surface area contributed by atoms with E-state index in [1.165, 1.54) is 18.7 Å². The minimum absolute atomic E-state index is 0.0578. The molecule has 2 amide bonds. The summed E-state index contributed by atoms with van der Waals surface area (Å²) in [6, 6.07) is 6.53. The number of aliphatic carboxylic acids is 1. The fraction of sp³-hybridized carbons (Fsp3) is 0.364. The van der Waals surface area contributed by atoms with Crippen molar-refractivity contribution in [2.75, 3.05) is 0 Å². The summed E-state index contributed by atoms with van der Waals surface area (Å²) in [5.74, 6) is -2.69. The van der Waals surface area contributed by atoms with Gasteiger partial charge in [-0.1, -0.05) is 24.3 Å². The Morgan fingerprint density at radius 3 is 2.52 bits per heavy atom. The summed E-state index contributed by atoms with van der Waals surface area (Å²) in [5.41, 5.74) is 1.85. The Labute approximate surface area is 187 Å². The fourth-order valence-electron chi connectivity index (χ4n) is 4.21. The summed E-state index contributed by atoms with van der Waals surface area (Å²) in [4.78, 5) is 48.3. The number of aliphatic hydroxyl groups is 1. The number of amides is 2. The number of alkyl carbamates (subject to hydrolysis) is 1. The van der Waals surface area contributed by atoms with Crippen LogP contribution in [0.15, 0.2) is 43.6 Å². The van der Waals surface area contributed by atoms with Crippen molar-refractivity contribution in [2.24, 2.45) is 5.92 Å². The third-order valence-corrected chi connectivity index (χ3v) is 5.84. The average Bonchev–Trinajstić information content (AvgIpc) is 3.27. The molecule has 0 unspecified atom stereocenters. The summed E-state index contributed by atoms with van der Waals surface area (Å²) in [6.45, 7) is 2.94. The normalized spacial score (nSPS) is 20.3. The molecule has 1 fully saturated rings. The van der Waals surface area contributed by atoms with Gasteiger partial charge in [0.25, 0.3) is 0 Å². The zero-order valence-electron chi connectivity index (χ0n) is 17.9. The van der Waals surface area contributed by atoms with Gasteiger partial charge < -0.3 is 34.0 Å². The number of carbonyl (C=O) groups excluding carboxylic acids is 2. The maximum absolute atomic E-state index is 12.3. The lowest BCUT2D eigenvalue weighted by atomic mass is 9.82. The molecule has 2 aliphatic heterocycles. The van der Waals surface area contributed by atoms with Crippen LogP contribution in [0.1, 0.15) is 36.0 Å². The highest BCUT2D eigenvalue weighted by Gasteiger charge is 2.56. The molecule has 0 aliphatic carbocycles. The molecular formula is C22H22N2O9. The van der Waals surface area contributed by atoms with E-state index in [1.54, 1.807) is 24.3 Å². The molecule has 0 saturated carbocycles. The van der Waals surface area contributed by atoms with Crippen molar-refractivity contribution >= 4 is 23.5 Å². The van der Waals surface area contributed by atoms with Crippen LogP contribution in [0.25, 0.3) is 5.57 Å². The van der Waals surface area contributed by atoms with Gasteiger partial charge in [0.1, 0.15) is 5.70 Å². The number of carbonyl (C=O) groups is 3. The smallest absolute Gasteiger partial charge is 0.477 e. The van der Waals surface area contributed by atoms with Gasteiger partial charge >= 0.3 is 17.9 Å². The van der Waals surface area contributed by atoms with Crippen LogP contribution in [-0.4, -0.2) is 45.2 Å². The molecular weight excluding hydrogens is 436 g/mol. The number of aliphatic hydroxyl groups excluding tert-OH is 1. The molecule has 3 atom stereocenters. The molecule has 4 rings (SSSR count). The molecule has 1 aromatic heterocycles. The standard InChI is InChI=1S/C22H22N2O9/c1-10(25)17-15-7-14(18(20(27)28)24(15)19(17)26)13-5-3-12(4-6-13)8-23-21(29)31-9-16-11(2)32-22(30)33-16/h3-6,10,15,17,25H,7-9H2,1-2H3,(H,23,29)(H,27,28)/t10-,15-,17-/m1/s1. The Balaban J connectivity index is 1.38.